The van der Waals surface area contributed by atoms with Gasteiger partial charge in [-0.05, 0) is 35.4 Å². The number of anilines is 1. The van der Waals surface area contributed by atoms with Crippen LogP contribution in [0.15, 0.2) is 54.6 Å². The molecule has 0 heterocycles. The number of rotatable bonds is 5. The van der Waals surface area contributed by atoms with E-state index < -0.39 is 4.92 Å². The van der Waals surface area contributed by atoms with Gasteiger partial charge in [0.2, 0.25) is 0 Å². The normalized spacial score (nSPS) is 11.2. The van der Waals surface area contributed by atoms with Crippen molar-refractivity contribution in [3.05, 3.63) is 75.9 Å². The first kappa shape index (κ1) is 16.3. The van der Waals surface area contributed by atoms with Gasteiger partial charge in [0.05, 0.1) is 4.92 Å². The molecule has 0 fully saturated rings. The largest absolute Gasteiger partial charge is 0.502 e. The van der Waals surface area contributed by atoms with Crippen molar-refractivity contribution in [1.29, 1.82) is 0 Å². The summed E-state index contributed by atoms with van der Waals surface area (Å²) in [6.07, 6.45) is 7.43. The summed E-state index contributed by atoms with van der Waals surface area (Å²) in [5.41, 5.74) is 2.62. The lowest BCUT2D eigenvalue weighted by Crippen LogP contribution is -2.07. The lowest BCUT2D eigenvalue weighted by atomic mass is 10.1. The van der Waals surface area contributed by atoms with Crippen LogP contribution in [-0.4, -0.2) is 24.1 Å². The molecule has 2 rings (SSSR count). The number of hydrogen-bond donors (Lipinski definition) is 1. The Hall–Kier alpha value is -3.08. The minimum Gasteiger partial charge on any atom is -0.502 e. The Morgan fingerprint density at radius 3 is 2.09 bits per heavy atom. The van der Waals surface area contributed by atoms with E-state index in [-0.39, 0.29) is 11.4 Å². The van der Waals surface area contributed by atoms with Crippen molar-refractivity contribution in [2.75, 3.05) is 19.0 Å². The maximum absolute atomic E-state index is 10.6. The summed E-state index contributed by atoms with van der Waals surface area (Å²) in [7, 11) is 3.99. The maximum atomic E-state index is 10.6. The van der Waals surface area contributed by atoms with Crippen molar-refractivity contribution in [2.45, 2.75) is 0 Å². The molecule has 0 aliphatic rings. The molecule has 0 amide bonds. The van der Waals surface area contributed by atoms with Crippen molar-refractivity contribution in [3.63, 3.8) is 0 Å². The standard InChI is InChI=1S/C18H18N2O3/c1-19(2)16-10-7-14(8-11-16)5-3-4-6-15-9-12-17(20(22)23)18(21)13-15/h3-13,21H,1-2H3. The van der Waals surface area contributed by atoms with Gasteiger partial charge in [-0.15, -0.1) is 0 Å². The van der Waals surface area contributed by atoms with Crippen molar-refractivity contribution < 1.29 is 10.0 Å². The first-order chi connectivity index (χ1) is 11.0. The lowest BCUT2D eigenvalue weighted by molar-refractivity contribution is -0.385. The SMILES string of the molecule is CN(C)c1ccc(C=CC=Cc2ccc([N+](=O)[O-])c(O)c2)cc1. The number of hydrogen-bond acceptors (Lipinski definition) is 4. The molecular formula is C18H18N2O3. The Morgan fingerprint density at radius 1 is 1.00 bits per heavy atom. The third-order valence-electron chi connectivity index (χ3n) is 3.29. The van der Waals surface area contributed by atoms with Crippen LogP contribution in [0.5, 0.6) is 5.75 Å². The summed E-state index contributed by atoms with van der Waals surface area (Å²) in [5.74, 6) is -0.333. The minimum absolute atomic E-state index is 0.293. The summed E-state index contributed by atoms with van der Waals surface area (Å²) >= 11 is 0. The molecule has 0 radical (unpaired) electrons. The zero-order chi connectivity index (χ0) is 16.8. The fourth-order valence-electron chi connectivity index (χ4n) is 2.02. The Labute approximate surface area is 135 Å². The summed E-state index contributed by atoms with van der Waals surface area (Å²) in [5, 5.41) is 20.2. The number of nitrogens with zero attached hydrogens (tertiary/aromatic N) is 2. The van der Waals surface area contributed by atoms with Crippen LogP contribution < -0.4 is 4.90 Å². The Bertz CT molecular complexity index is 747. The molecule has 0 unspecified atom stereocenters. The zero-order valence-corrected chi connectivity index (χ0v) is 13.0. The quantitative estimate of drug-likeness (QED) is 0.513. The van der Waals surface area contributed by atoms with Gasteiger partial charge in [0.1, 0.15) is 0 Å². The first-order valence-electron chi connectivity index (χ1n) is 7.07. The molecular weight excluding hydrogens is 292 g/mol. The highest BCUT2D eigenvalue weighted by atomic mass is 16.6. The van der Waals surface area contributed by atoms with Gasteiger partial charge in [0.15, 0.2) is 5.75 Å². The molecule has 5 nitrogen and oxygen atoms in total. The number of aromatic hydroxyl groups is 1. The number of allylic oxidation sites excluding steroid dienone is 2. The molecule has 0 bridgehead atoms. The minimum atomic E-state index is -0.611. The molecule has 0 aromatic heterocycles. The molecule has 2 aromatic carbocycles. The molecule has 0 saturated heterocycles. The van der Waals surface area contributed by atoms with Crippen LogP contribution in [0.1, 0.15) is 11.1 Å². The molecule has 1 N–H and O–H groups in total. The van der Waals surface area contributed by atoms with Crippen LogP contribution in [0.25, 0.3) is 12.2 Å². The van der Waals surface area contributed by atoms with E-state index in [1.54, 1.807) is 12.1 Å². The highest BCUT2D eigenvalue weighted by molar-refractivity contribution is 5.61. The number of nitro groups is 1. The van der Waals surface area contributed by atoms with Crippen molar-refractivity contribution >= 4 is 23.5 Å². The van der Waals surface area contributed by atoms with E-state index in [0.29, 0.717) is 5.56 Å². The van der Waals surface area contributed by atoms with Gasteiger partial charge in [-0.2, -0.15) is 0 Å². The summed E-state index contributed by atoms with van der Waals surface area (Å²) in [6, 6.07) is 12.4. The molecule has 23 heavy (non-hydrogen) atoms. The summed E-state index contributed by atoms with van der Waals surface area (Å²) < 4.78 is 0. The smallest absolute Gasteiger partial charge is 0.310 e. The molecule has 118 valence electrons. The van der Waals surface area contributed by atoms with Crippen molar-refractivity contribution in [3.8, 4) is 5.75 Å². The topological polar surface area (TPSA) is 66.6 Å². The molecule has 2 aromatic rings. The van der Waals surface area contributed by atoms with Crippen LogP contribution >= 0.6 is 0 Å². The highest BCUT2D eigenvalue weighted by Gasteiger charge is 2.11. The molecule has 0 atom stereocenters. The molecule has 0 saturated carbocycles. The summed E-state index contributed by atoms with van der Waals surface area (Å²) in [6.45, 7) is 0. The van der Waals surface area contributed by atoms with Crippen LogP contribution in [0.3, 0.4) is 0 Å². The van der Waals surface area contributed by atoms with E-state index in [1.807, 2.05) is 61.5 Å². The van der Waals surface area contributed by atoms with Gasteiger partial charge in [0, 0.05) is 25.8 Å². The average Bonchev–Trinajstić information content (AvgIpc) is 2.51. The molecule has 0 aliphatic heterocycles. The fourth-order valence-corrected chi connectivity index (χ4v) is 2.02. The average molecular weight is 310 g/mol. The second kappa shape index (κ2) is 7.26. The van der Waals surface area contributed by atoms with Crippen LogP contribution in [0.4, 0.5) is 11.4 Å². The molecule has 0 spiro atoms. The van der Waals surface area contributed by atoms with E-state index in [4.69, 9.17) is 0 Å². The predicted octanol–water partition coefficient (Wildman–Crippen LogP) is 4.09. The van der Waals surface area contributed by atoms with E-state index in [1.165, 1.54) is 12.1 Å². The lowest BCUT2D eigenvalue weighted by Gasteiger charge is -2.11. The van der Waals surface area contributed by atoms with E-state index in [9.17, 15) is 15.2 Å². The van der Waals surface area contributed by atoms with E-state index >= 15 is 0 Å². The van der Waals surface area contributed by atoms with Gasteiger partial charge in [0.25, 0.3) is 0 Å². The summed E-state index contributed by atoms with van der Waals surface area (Å²) in [4.78, 5) is 12.1. The maximum Gasteiger partial charge on any atom is 0.310 e. The fraction of sp³-hybridized carbons (Fsp3) is 0.111. The number of benzene rings is 2. The third-order valence-corrected chi connectivity index (χ3v) is 3.29. The Kier molecular flexibility index (Phi) is 5.15. The van der Waals surface area contributed by atoms with Crippen molar-refractivity contribution in [1.82, 2.24) is 0 Å². The highest BCUT2D eigenvalue weighted by Crippen LogP contribution is 2.26. The second-order valence-electron chi connectivity index (χ2n) is 5.21. The number of phenolic OH excluding ortho intramolecular Hbond substituents is 1. The van der Waals surface area contributed by atoms with Gasteiger partial charge in [-0.3, -0.25) is 10.1 Å². The van der Waals surface area contributed by atoms with Gasteiger partial charge in [-0.25, -0.2) is 0 Å². The van der Waals surface area contributed by atoms with Crippen molar-refractivity contribution in [2.24, 2.45) is 0 Å². The molecule has 5 heteroatoms. The second-order valence-corrected chi connectivity index (χ2v) is 5.21. The third kappa shape index (κ3) is 4.44. The van der Waals surface area contributed by atoms with Crippen LogP contribution in [0.2, 0.25) is 0 Å². The Morgan fingerprint density at radius 2 is 1.57 bits per heavy atom. The molecule has 0 aliphatic carbocycles. The number of phenols is 1. The van der Waals surface area contributed by atoms with Gasteiger partial charge >= 0.3 is 5.69 Å². The zero-order valence-electron chi connectivity index (χ0n) is 13.0. The van der Waals surface area contributed by atoms with Crippen LogP contribution in [-0.2, 0) is 0 Å². The monoisotopic (exact) mass is 310 g/mol. The Balaban J connectivity index is 2.03. The van der Waals surface area contributed by atoms with E-state index in [0.717, 1.165) is 11.3 Å². The first-order valence-corrected chi connectivity index (χ1v) is 7.07. The van der Waals surface area contributed by atoms with E-state index in [2.05, 4.69) is 0 Å². The predicted molar refractivity (Wildman–Crippen MR) is 93.6 cm³/mol. The van der Waals surface area contributed by atoms with Gasteiger partial charge in [-0.1, -0.05) is 36.4 Å². The number of nitro benzene ring substituents is 1. The van der Waals surface area contributed by atoms with Crippen LogP contribution in [0, 0.1) is 10.1 Å². The van der Waals surface area contributed by atoms with Gasteiger partial charge < -0.3 is 10.0 Å².